The number of aliphatic hydroxyl groups excluding tert-OH is 1. The minimum Gasteiger partial charge on any atom is -0.394 e. The zero-order valence-electron chi connectivity index (χ0n) is 13.4. The van der Waals surface area contributed by atoms with Gasteiger partial charge in [-0.05, 0) is 26.2 Å². The van der Waals surface area contributed by atoms with Crippen LogP contribution in [0.2, 0.25) is 0 Å². The molecule has 0 radical (unpaired) electrons. The Bertz CT molecular complexity index is 447. The van der Waals surface area contributed by atoms with Crippen LogP contribution in [0.3, 0.4) is 0 Å². The van der Waals surface area contributed by atoms with E-state index in [1.807, 2.05) is 11.7 Å². The van der Waals surface area contributed by atoms with Crippen molar-refractivity contribution < 1.29 is 9.84 Å². The zero-order chi connectivity index (χ0) is 15.2. The first kappa shape index (κ1) is 16.3. The predicted octanol–water partition coefficient (Wildman–Crippen LogP) is 0.816. The average molecular weight is 296 g/mol. The molecular formula is C15H28N4O2. The monoisotopic (exact) mass is 296 g/mol. The van der Waals surface area contributed by atoms with E-state index in [4.69, 9.17) is 4.74 Å². The van der Waals surface area contributed by atoms with E-state index in [1.54, 1.807) is 7.11 Å². The van der Waals surface area contributed by atoms with Crippen molar-refractivity contribution in [3.63, 3.8) is 0 Å². The highest BCUT2D eigenvalue weighted by molar-refractivity contribution is 5.51. The quantitative estimate of drug-likeness (QED) is 0.729. The number of aromatic nitrogens is 2. The van der Waals surface area contributed by atoms with Crippen LogP contribution in [0, 0.1) is 6.92 Å². The molecular weight excluding hydrogens is 268 g/mol. The summed E-state index contributed by atoms with van der Waals surface area (Å²) in [6.07, 6.45) is 3.43. The molecule has 1 aliphatic rings. The van der Waals surface area contributed by atoms with Gasteiger partial charge in [-0.15, -0.1) is 0 Å². The fourth-order valence-electron chi connectivity index (χ4n) is 3.11. The van der Waals surface area contributed by atoms with E-state index in [0.717, 1.165) is 37.6 Å². The Hall–Kier alpha value is -1.11. The number of methoxy groups -OCH3 is 1. The molecule has 6 nitrogen and oxygen atoms in total. The Kier molecular flexibility index (Phi) is 6.02. The lowest BCUT2D eigenvalue weighted by Crippen LogP contribution is -2.43. The average Bonchev–Trinajstić information content (AvgIpc) is 2.77. The summed E-state index contributed by atoms with van der Waals surface area (Å²) < 4.78 is 7.02. The maximum absolute atomic E-state index is 9.65. The number of piperidine rings is 1. The number of rotatable bonds is 7. The maximum atomic E-state index is 9.65. The van der Waals surface area contributed by atoms with Crippen LogP contribution in [-0.2, 0) is 18.3 Å². The number of ether oxygens (including phenoxy) is 1. The maximum Gasteiger partial charge on any atom is 0.131 e. The molecule has 0 amide bonds. The van der Waals surface area contributed by atoms with Crippen molar-refractivity contribution in [1.82, 2.24) is 15.1 Å². The van der Waals surface area contributed by atoms with Crippen molar-refractivity contribution in [3.8, 4) is 0 Å². The first-order chi connectivity index (χ1) is 10.2. The first-order valence-corrected chi connectivity index (χ1v) is 7.78. The Morgan fingerprint density at radius 3 is 2.95 bits per heavy atom. The molecule has 1 fully saturated rings. The molecule has 2 heterocycles. The van der Waals surface area contributed by atoms with Crippen molar-refractivity contribution >= 4 is 5.82 Å². The van der Waals surface area contributed by atoms with Crippen LogP contribution in [0.25, 0.3) is 0 Å². The highest BCUT2D eigenvalue weighted by Gasteiger charge is 2.27. The molecule has 0 saturated carbocycles. The summed E-state index contributed by atoms with van der Waals surface area (Å²) in [4.78, 5) is 2.33. The summed E-state index contributed by atoms with van der Waals surface area (Å²) in [5, 5.41) is 17.6. The van der Waals surface area contributed by atoms with Crippen molar-refractivity contribution in [2.45, 2.75) is 38.8 Å². The summed E-state index contributed by atoms with van der Waals surface area (Å²) in [6.45, 7) is 5.57. The van der Waals surface area contributed by atoms with E-state index in [9.17, 15) is 5.11 Å². The third kappa shape index (κ3) is 3.75. The molecule has 1 saturated heterocycles. The summed E-state index contributed by atoms with van der Waals surface area (Å²) in [5.74, 6) is 1.15. The van der Waals surface area contributed by atoms with E-state index < -0.39 is 0 Å². The van der Waals surface area contributed by atoms with Gasteiger partial charge in [-0.3, -0.25) is 4.68 Å². The van der Waals surface area contributed by atoms with E-state index in [2.05, 4.69) is 22.2 Å². The Balaban J connectivity index is 2.16. The number of anilines is 1. The van der Waals surface area contributed by atoms with Crippen LogP contribution in [-0.4, -0.2) is 54.3 Å². The smallest absolute Gasteiger partial charge is 0.131 e. The SMILES string of the molecule is COCCNCc1c(C)nn(C)c1N1CCCCC1CO. The molecule has 2 N–H and O–H groups in total. The van der Waals surface area contributed by atoms with Crippen molar-refractivity contribution in [2.75, 3.05) is 38.3 Å². The minimum absolute atomic E-state index is 0.209. The summed E-state index contributed by atoms with van der Waals surface area (Å²) >= 11 is 0. The van der Waals surface area contributed by atoms with Gasteiger partial charge >= 0.3 is 0 Å². The van der Waals surface area contributed by atoms with Crippen LogP contribution in [0.15, 0.2) is 0 Å². The van der Waals surface area contributed by atoms with Gasteiger partial charge in [0, 0.05) is 39.4 Å². The molecule has 0 bridgehead atoms. The van der Waals surface area contributed by atoms with E-state index in [0.29, 0.717) is 6.61 Å². The van der Waals surface area contributed by atoms with Crippen molar-refractivity contribution in [2.24, 2.45) is 7.05 Å². The van der Waals surface area contributed by atoms with Crippen LogP contribution >= 0.6 is 0 Å². The van der Waals surface area contributed by atoms with Crippen LogP contribution in [0.1, 0.15) is 30.5 Å². The standard InChI is InChI=1S/C15H28N4O2/c1-12-14(10-16-7-9-21-3)15(18(2)17-12)19-8-5-4-6-13(19)11-20/h13,16,20H,4-11H2,1-3H3. The minimum atomic E-state index is 0.209. The molecule has 0 aliphatic carbocycles. The lowest BCUT2D eigenvalue weighted by molar-refractivity contribution is 0.199. The first-order valence-electron chi connectivity index (χ1n) is 7.78. The molecule has 2 rings (SSSR count). The zero-order valence-corrected chi connectivity index (χ0v) is 13.4. The van der Waals surface area contributed by atoms with E-state index in [1.165, 1.54) is 18.4 Å². The normalized spacial score (nSPS) is 19.2. The van der Waals surface area contributed by atoms with Crippen LogP contribution in [0.5, 0.6) is 0 Å². The second kappa shape index (κ2) is 7.77. The number of hydrogen-bond donors (Lipinski definition) is 2. The summed E-state index contributed by atoms with van der Waals surface area (Å²) in [7, 11) is 3.70. The fourth-order valence-corrected chi connectivity index (χ4v) is 3.11. The van der Waals surface area contributed by atoms with Gasteiger partial charge in [0.2, 0.25) is 0 Å². The van der Waals surface area contributed by atoms with Gasteiger partial charge in [0.05, 0.1) is 24.9 Å². The fraction of sp³-hybridized carbons (Fsp3) is 0.800. The van der Waals surface area contributed by atoms with Crippen LogP contribution in [0.4, 0.5) is 5.82 Å². The number of hydrogen-bond acceptors (Lipinski definition) is 5. The molecule has 1 aliphatic heterocycles. The predicted molar refractivity (Wildman–Crippen MR) is 83.6 cm³/mol. The second-order valence-corrected chi connectivity index (χ2v) is 5.71. The molecule has 1 aromatic rings. The van der Waals surface area contributed by atoms with Gasteiger partial charge in [-0.2, -0.15) is 5.10 Å². The molecule has 120 valence electrons. The van der Waals surface area contributed by atoms with Crippen LogP contribution < -0.4 is 10.2 Å². The third-order valence-corrected chi connectivity index (χ3v) is 4.21. The lowest BCUT2D eigenvalue weighted by Gasteiger charge is -2.37. The van der Waals surface area contributed by atoms with E-state index >= 15 is 0 Å². The molecule has 6 heteroatoms. The topological polar surface area (TPSA) is 62.5 Å². The lowest BCUT2D eigenvalue weighted by atomic mass is 10.0. The number of nitrogens with one attached hydrogen (secondary N) is 1. The molecule has 1 atom stereocenters. The third-order valence-electron chi connectivity index (χ3n) is 4.21. The van der Waals surface area contributed by atoms with E-state index in [-0.39, 0.29) is 12.6 Å². The molecule has 21 heavy (non-hydrogen) atoms. The second-order valence-electron chi connectivity index (χ2n) is 5.71. The Labute approximate surface area is 127 Å². The van der Waals surface area contributed by atoms with Gasteiger partial charge in [0.15, 0.2) is 0 Å². The molecule has 1 unspecified atom stereocenters. The van der Waals surface area contributed by atoms with Crippen molar-refractivity contribution in [3.05, 3.63) is 11.3 Å². The summed E-state index contributed by atoms with van der Waals surface area (Å²) in [5.41, 5.74) is 2.29. The highest BCUT2D eigenvalue weighted by Crippen LogP contribution is 2.29. The number of aryl methyl sites for hydroxylation is 2. The van der Waals surface area contributed by atoms with Crippen molar-refractivity contribution in [1.29, 1.82) is 0 Å². The van der Waals surface area contributed by atoms with Gasteiger partial charge < -0.3 is 20.1 Å². The number of nitrogens with zero attached hydrogens (tertiary/aromatic N) is 3. The van der Waals surface area contributed by atoms with Gasteiger partial charge in [0.25, 0.3) is 0 Å². The van der Waals surface area contributed by atoms with Gasteiger partial charge in [-0.1, -0.05) is 0 Å². The summed E-state index contributed by atoms with van der Waals surface area (Å²) in [6, 6.07) is 0.214. The number of aliphatic hydroxyl groups is 1. The van der Waals surface area contributed by atoms with Gasteiger partial charge in [0.1, 0.15) is 5.82 Å². The molecule has 1 aromatic heterocycles. The Morgan fingerprint density at radius 1 is 1.43 bits per heavy atom. The molecule has 0 aromatic carbocycles. The highest BCUT2D eigenvalue weighted by atomic mass is 16.5. The Morgan fingerprint density at radius 2 is 2.24 bits per heavy atom. The largest absolute Gasteiger partial charge is 0.394 e. The van der Waals surface area contributed by atoms with Gasteiger partial charge in [-0.25, -0.2) is 0 Å². The molecule has 0 spiro atoms.